The van der Waals surface area contributed by atoms with E-state index in [4.69, 9.17) is 4.99 Å². The molecule has 0 radical (unpaired) electrons. The van der Waals surface area contributed by atoms with Gasteiger partial charge < -0.3 is 15.1 Å². The van der Waals surface area contributed by atoms with Gasteiger partial charge in [-0.15, -0.1) is 24.0 Å². The van der Waals surface area contributed by atoms with Gasteiger partial charge in [-0.3, -0.25) is 9.67 Å². The monoisotopic (exact) mass is 510 g/mol. The lowest BCUT2D eigenvalue weighted by Gasteiger charge is -2.25. The van der Waals surface area contributed by atoms with Gasteiger partial charge >= 0.3 is 0 Å². The van der Waals surface area contributed by atoms with E-state index in [1.807, 2.05) is 17.9 Å². The summed E-state index contributed by atoms with van der Waals surface area (Å²) in [4.78, 5) is 9.64. The molecule has 2 atom stereocenters. The highest BCUT2D eigenvalue weighted by Gasteiger charge is 2.25. The summed E-state index contributed by atoms with van der Waals surface area (Å²) in [5, 5.41) is 7.82. The first-order valence-corrected chi connectivity index (χ1v) is 10.3. The van der Waals surface area contributed by atoms with Crippen LogP contribution in [0.3, 0.4) is 0 Å². The first-order chi connectivity index (χ1) is 13.6. The SMILES string of the molecule is CCNC(=NCC(c1cnn(C)c1)N(C)C)N1CCC(Cc2ccccc2)C1.I. The van der Waals surface area contributed by atoms with Gasteiger partial charge in [-0.25, -0.2) is 0 Å². The molecule has 1 aliphatic heterocycles. The van der Waals surface area contributed by atoms with Crippen LogP contribution in [-0.2, 0) is 13.5 Å². The molecule has 2 aromatic rings. The second-order valence-corrected chi connectivity index (χ2v) is 7.91. The highest BCUT2D eigenvalue weighted by Crippen LogP contribution is 2.22. The van der Waals surface area contributed by atoms with E-state index in [0.717, 1.165) is 38.6 Å². The van der Waals surface area contributed by atoms with E-state index in [0.29, 0.717) is 5.92 Å². The molecule has 0 aliphatic carbocycles. The minimum absolute atomic E-state index is 0. The Morgan fingerprint density at radius 1 is 1.31 bits per heavy atom. The van der Waals surface area contributed by atoms with Gasteiger partial charge in [-0.2, -0.15) is 5.10 Å². The second kappa shape index (κ2) is 11.5. The molecule has 29 heavy (non-hydrogen) atoms. The third-order valence-corrected chi connectivity index (χ3v) is 5.43. The molecule has 160 valence electrons. The molecule has 1 aromatic heterocycles. The normalized spacial score (nSPS) is 18.0. The average Bonchev–Trinajstić information content (AvgIpc) is 3.31. The molecule has 1 aliphatic rings. The highest BCUT2D eigenvalue weighted by atomic mass is 127. The van der Waals surface area contributed by atoms with Crippen molar-refractivity contribution in [2.75, 3.05) is 40.3 Å². The van der Waals surface area contributed by atoms with E-state index in [1.165, 1.54) is 17.5 Å². The number of rotatable bonds is 7. The van der Waals surface area contributed by atoms with E-state index < -0.39 is 0 Å². The van der Waals surface area contributed by atoms with Gasteiger partial charge in [0, 0.05) is 38.4 Å². The molecule has 1 N–H and O–H groups in total. The fraction of sp³-hybridized carbons (Fsp3) is 0.545. The fourth-order valence-corrected chi connectivity index (χ4v) is 3.92. The summed E-state index contributed by atoms with van der Waals surface area (Å²) in [5.41, 5.74) is 2.64. The number of nitrogens with one attached hydrogen (secondary N) is 1. The molecule has 1 saturated heterocycles. The summed E-state index contributed by atoms with van der Waals surface area (Å²) in [5.74, 6) is 1.73. The van der Waals surface area contributed by atoms with E-state index in [9.17, 15) is 0 Å². The lowest BCUT2D eigenvalue weighted by Crippen LogP contribution is -2.40. The molecule has 3 rings (SSSR count). The Morgan fingerprint density at radius 2 is 2.07 bits per heavy atom. The molecule has 1 aromatic carbocycles. The Kier molecular flexibility index (Phi) is 9.42. The van der Waals surface area contributed by atoms with Crippen LogP contribution < -0.4 is 5.32 Å². The van der Waals surface area contributed by atoms with Crippen molar-refractivity contribution < 1.29 is 0 Å². The molecule has 2 unspecified atom stereocenters. The van der Waals surface area contributed by atoms with Crippen LogP contribution in [0.2, 0.25) is 0 Å². The van der Waals surface area contributed by atoms with Crippen LogP contribution in [0.1, 0.15) is 30.5 Å². The standard InChI is InChI=1S/C22H34N6.HI/c1-5-23-22(24-15-21(26(2)3)20-14-25-27(4)17-20)28-12-11-19(16-28)13-18-9-7-6-8-10-18;/h6-10,14,17,19,21H,5,11-13,15-16H2,1-4H3,(H,23,24);1H. The molecule has 6 nitrogen and oxygen atoms in total. The second-order valence-electron chi connectivity index (χ2n) is 7.91. The van der Waals surface area contributed by atoms with Crippen LogP contribution in [0.15, 0.2) is 47.7 Å². The number of hydrogen-bond donors (Lipinski definition) is 1. The van der Waals surface area contributed by atoms with Crippen molar-refractivity contribution in [3.05, 3.63) is 53.9 Å². The molecule has 0 saturated carbocycles. The topological polar surface area (TPSA) is 48.7 Å². The number of benzene rings is 1. The van der Waals surface area contributed by atoms with Crippen LogP contribution in [0.5, 0.6) is 0 Å². The minimum atomic E-state index is 0. The highest BCUT2D eigenvalue weighted by molar-refractivity contribution is 14.0. The maximum absolute atomic E-state index is 5.00. The summed E-state index contributed by atoms with van der Waals surface area (Å²) in [6.45, 7) is 5.89. The van der Waals surface area contributed by atoms with Crippen molar-refractivity contribution in [2.24, 2.45) is 18.0 Å². The number of likely N-dealkylation sites (tertiary alicyclic amines) is 1. The first kappa shape index (κ1) is 23.7. The number of guanidine groups is 1. The summed E-state index contributed by atoms with van der Waals surface area (Å²) in [7, 11) is 6.17. The fourth-order valence-electron chi connectivity index (χ4n) is 3.92. The largest absolute Gasteiger partial charge is 0.357 e. The Hall–Kier alpha value is -1.61. The van der Waals surface area contributed by atoms with Crippen LogP contribution in [0.4, 0.5) is 0 Å². The summed E-state index contributed by atoms with van der Waals surface area (Å²) >= 11 is 0. The third-order valence-electron chi connectivity index (χ3n) is 5.43. The zero-order chi connectivity index (χ0) is 19.9. The predicted molar refractivity (Wildman–Crippen MR) is 131 cm³/mol. The Bertz CT molecular complexity index is 758. The van der Waals surface area contributed by atoms with E-state index in [-0.39, 0.29) is 30.0 Å². The number of hydrogen-bond acceptors (Lipinski definition) is 3. The lowest BCUT2D eigenvalue weighted by atomic mass is 9.99. The molecule has 1 fully saturated rings. The van der Waals surface area contributed by atoms with Crippen molar-refractivity contribution in [3.8, 4) is 0 Å². The average molecular weight is 510 g/mol. The number of likely N-dealkylation sites (N-methyl/N-ethyl adjacent to an activating group) is 1. The first-order valence-electron chi connectivity index (χ1n) is 10.3. The Labute approximate surface area is 192 Å². The van der Waals surface area contributed by atoms with Gasteiger partial charge in [0.15, 0.2) is 5.96 Å². The van der Waals surface area contributed by atoms with Gasteiger partial charge in [0.1, 0.15) is 0 Å². The minimum Gasteiger partial charge on any atom is -0.357 e. The Morgan fingerprint density at radius 3 is 2.69 bits per heavy atom. The third kappa shape index (κ3) is 6.70. The van der Waals surface area contributed by atoms with Crippen molar-refractivity contribution in [2.45, 2.75) is 25.8 Å². The molecular formula is C22H35IN6. The van der Waals surface area contributed by atoms with Crippen molar-refractivity contribution in [3.63, 3.8) is 0 Å². The van der Waals surface area contributed by atoms with E-state index in [1.54, 1.807) is 0 Å². The van der Waals surface area contributed by atoms with Crippen LogP contribution >= 0.6 is 24.0 Å². The molecule has 0 spiro atoms. The van der Waals surface area contributed by atoms with E-state index in [2.05, 4.69) is 77.8 Å². The number of aryl methyl sites for hydroxylation is 1. The van der Waals surface area contributed by atoms with Gasteiger partial charge in [-0.1, -0.05) is 30.3 Å². The smallest absolute Gasteiger partial charge is 0.193 e. The van der Waals surface area contributed by atoms with Gasteiger partial charge in [0.2, 0.25) is 0 Å². The van der Waals surface area contributed by atoms with Crippen molar-refractivity contribution in [1.82, 2.24) is 24.9 Å². The van der Waals surface area contributed by atoms with Crippen molar-refractivity contribution >= 4 is 29.9 Å². The van der Waals surface area contributed by atoms with Gasteiger partial charge in [0.25, 0.3) is 0 Å². The van der Waals surface area contributed by atoms with Crippen molar-refractivity contribution in [1.29, 1.82) is 0 Å². The Balaban J connectivity index is 0.00000300. The predicted octanol–water partition coefficient (Wildman–Crippen LogP) is 3.17. The lowest BCUT2D eigenvalue weighted by molar-refractivity contribution is 0.305. The molecule has 0 bridgehead atoms. The number of nitrogens with zero attached hydrogens (tertiary/aromatic N) is 5. The number of halogens is 1. The number of aliphatic imine (C=N–C) groups is 1. The maximum atomic E-state index is 5.00. The molecular weight excluding hydrogens is 475 g/mol. The number of aromatic nitrogens is 2. The van der Waals surface area contributed by atoms with Gasteiger partial charge in [-0.05, 0) is 45.3 Å². The van der Waals surface area contributed by atoms with Crippen LogP contribution in [-0.4, -0.2) is 65.8 Å². The zero-order valence-corrected chi connectivity index (χ0v) is 20.4. The van der Waals surface area contributed by atoms with Crippen LogP contribution in [0, 0.1) is 5.92 Å². The summed E-state index contributed by atoms with van der Waals surface area (Å²) in [6.07, 6.45) is 6.39. The molecule has 2 heterocycles. The quantitative estimate of drug-likeness (QED) is 0.353. The van der Waals surface area contributed by atoms with E-state index >= 15 is 0 Å². The summed E-state index contributed by atoms with van der Waals surface area (Å²) in [6, 6.07) is 11.0. The maximum Gasteiger partial charge on any atom is 0.193 e. The molecule has 7 heteroatoms. The molecule has 0 amide bonds. The zero-order valence-electron chi connectivity index (χ0n) is 18.1. The van der Waals surface area contributed by atoms with Crippen LogP contribution in [0.25, 0.3) is 0 Å². The van der Waals surface area contributed by atoms with Gasteiger partial charge in [0.05, 0.1) is 18.8 Å². The summed E-state index contributed by atoms with van der Waals surface area (Å²) < 4.78 is 1.86.